The van der Waals surface area contributed by atoms with E-state index >= 15 is 0 Å². The van der Waals surface area contributed by atoms with Gasteiger partial charge in [-0.3, -0.25) is 10.4 Å². The van der Waals surface area contributed by atoms with E-state index in [0.717, 1.165) is 40.1 Å². The maximum atomic E-state index is 4.68. The van der Waals surface area contributed by atoms with Gasteiger partial charge >= 0.3 is 0 Å². The van der Waals surface area contributed by atoms with Gasteiger partial charge in [0.1, 0.15) is 11.6 Å². The summed E-state index contributed by atoms with van der Waals surface area (Å²) in [6.07, 6.45) is 5.57. The summed E-state index contributed by atoms with van der Waals surface area (Å²) >= 11 is 1.76. The molecule has 1 atom stereocenters. The number of rotatable bonds is 7. The molecule has 156 valence electrons. The van der Waals surface area contributed by atoms with E-state index in [0.29, 0.717) is 18.4 Å². The molecule has 1 aromatic heterocycles. The van der Waals surface area contributed by atoms with E-state index in [4.69, 9.17) is 0 Å². The van der Waals surface area contributed by atoms with Crippen LogP contribution in [0, 0.1) is 12.8 Å². The molecule has 29 heavy (non-hydrogen) atoms. The van der Waals surface area contributed by atoms with Gasteiger partial charge in [-0.15, -0.1) is 11.8 Å². The number of nitrogens with zero attached hydrogens (tertiary/aromatic N) is 4. The molecule has 0 saturated heterocycles. The van der Waals surface area contributed by atoms with Gasteiger partial charge in [-0.2, -0.15) is 10.1 Å². The van der Waals surface area contributed by atoms with Crippen LogP contribution in [0.4, 0.5) is 11.8 Å². The molecule has 3 heterocycles. The molecule has 7 nitrogen and oxygen atoms in total. The molecule has 2 aliphatic heterocycles. The number of aromatic nitrogens is 2. The molecule has 1 fully saturated rings. The lowest BCUT2D eigenvalue weighted by molar-refractivity contribution is 0.839. The van der Waals surface area contributed by atoms with Gasteiger partial charge in [0.2, 0.25) is 5.95 Å². The van der Waals surface area contributed by atoms with Crippen LogP contribution in [0.15, 0.2) is 40.2 Å². The van der Waals surface area contributed by atoms with Gasteiger partial charge in [-0.05, 0) is 38.7 Å². The first-order valence-electron chi connectivity index (χ1n) is 10.3. The molecule has 3 N–H and O–H groups in total. The largest absolute Gasteiger partial charge is 0.348 e. The van der Waals surface area contributed by atoms with Crippen LogP contribution in [-0.2, 0) is 0 Å². The summed E-state index contributed by atoms with van der Waals surface area (Å²) in [5, 5.41) is 12.1. The van der Waals surface area contributed by atoms with Gasteiger partial charge in [0.05, 0.1) is 17.6 Å². The fourth-order valence-electron chi connectivity index (χ4n) is 2.96. The smallest absolute Gasteiger partial charge is 0.225 e. The third-order valence-electron chi connectivity index (χ3n) is 4.68. The quantitative estimate of drug-likeness (QED) is 0.577. The molecular weight excluding hydrogens is 382 g/mol. The van der Waals surface area contributed by atoms with Gasteiger partial charge in [0.15, 0.2) is 0 Å². The number of nitrogens with one attached hydrogen (secondary N) is 3. The fourth-order valence-corrected chi connectivity index (χ4v) is 4.05. The summed E-state index contributed by atoms with van der Waals surface area (Å²) in [6, 6.07) is 2.15. The lowest BCUT2D eigenvalue weighted by Gasteiger charge is -2.16. The number of aliphatic imine (C=N–C) groups is 1. The minimum Gasteiger partial charge on any atom is -0.348 e. The average molecular weight is 414 g/mol. The molecule has 1 saturated carbocycles. The Balaban J connectivity index is 0.00000117. The van der Waals surface area contributed by atoms with Crippen molar-refractivity contribution < 1.29 is 0 Å². The minimum atomic E-state index is 0.229. The van der Waals surface area contributed by atoms with Gasteiger partial charge < -0.3 is 10.6 Å². The topological polar surface area (TPSA) is 86.6 Å². The van der Waals surface area contributed by atoms with E-state index in [1.165, 1.54) is 18.6 Å². The molecular formula is C21H31N7S. The van der Waals surface area contributed by atoms with Crippen molar-refractivity contribution in [2.24, 2.45) is 16.0 Å². The standard InChI is InChI=1S/C19H25N7S.C2H6/c1-11(2)15-10-27-18(22-15)9-20-19-21-12(3)8-17(24-19)23-16-7-6-14(25-26-16)13-4-5-13;1-2/h7-8,13,15,26H,1,4-6,9-10H2,2-3H3,(H2,20,21,23,24);1-2H3. The van der Waals surface area contributed by atoms with Crippen LogP contribution in [0.1, 0.15) is 45.7 Å². The summed E-state index contributed by atoms with van der Waals surface area (Å²) in [5.41, 5.74) is 6.36. The van der Waals surface area contributed by atoms with Crippen molar-refractivity contribution in [1.82, 2.24) is 15.4 Å². The lowest BCUT2D eigenvalue weighted by Crippen LogP contribution is -2.22. The Kier molecular flexibility index (Phi) is 7.30. The van der Waals surface area contributed by atoms with Crippen LogP contribution in [0.2, 0.25) is 0 Å². The molecule has 3 aliphatic rings. The highest BCUT2D eigenvalue weighted by Gasteiger charge is 2.28. The average Bonchev–Trinajstić information content (AvgIpc) is 3.45. The Morgan fingerprint density at radius 3 is 2.72 bits per heavy atom. The van der Waals surface area contributed by atoms with Crippen LogP contribution in [0.5, 0.6) is 0 Å². The van der Waals surface area contributed by atoms with Crippen molar-refractivity contribution in [3.05, 3.63) is 35.8 Å². The SMILES string of the molecule is C=C(C)C1CSC(CNc2nc(C)cc(NC3=CCC(C4CC4)=NN3)n2)=N1.CC. The molecule has 4 rings (SSSR count). The predicted molar refractivity (Wildman–Crippen MR) is 125 cm³/mol. The van der Waals surface area contributed by atoms with E-state index in [-0.39, 0.29) is 6.04 Å². The van der Waals surface area contributed by atoms with Crippen molar-refractivity contribution in [3.8, 4) is 0 Å². The monoisotopic (exact) mass is 413 g/mol. The Labute approximate surface area is 177 Å². The lowest BCUT2D eigenvalue weighted by atomic mass is 10.1. The van der Waals surface area contributed by atoms with Crippen LogP contribution in [-0.4, -0.2) is 39.1 Å². The zero-order chi connectivity index (χ0) is 20.8. The van der Waals surface area contributed by atoms with Crippen molar-refractivity contribution in [1.29, 1.82) is 0 Å². The van der Waals surface area contributed by atoms with Crippen LogP contribution in [0.3, 0.4) is 0 Å². The third-order valence-corrected chi connectivity index (χ3v) is 5.74. The Morgan fingerprint density at radius 1 is 1.31 bits per heavy atom. The number of anilines is 2. The van der Waals surface area contributed by atoms with Crippen LogP contribution < -0.4 is 16.1 Å². The highest BCUT2D eigenvalue weighted by atomic mass is 32.2. The van der Waals surface area contributed by atoms with Crippen LogP contribution in [0.25, 0.3) is 0 Å². The first kappa shape index (κ1) is 21.4. The van der Waals surface area contributed by atoms with Crippen molar-refractivity contribution in [2.45, 2.75) is 53.0 Å². The summed E-state index contributed by atoms with van der Waals surface area (Å²) in [4.78, 5) is 13.7. The second kappa shape index (κ2) is 9.91. The minimum absolute atomic E-state index is 0.229. The molecule has 8 heteroatoms. The highest BCUT2D eigenvalue weighted by Crippen LogP contribution is 2.32. The van der Waals surface area contributed by atoms with E-state index in [1.807, 2.05) is 33.8 Å². The Hall–Kier alpha value is -2.35. The Morgan fingerprint density at radius 2 is 2.10 bits per heavy atom. The van der Waals surface area contributed by atoms with E-state index in [2.05, 4.69) is 48.8 Å². The van der Waals surface area contributed by atoms with Crippen molar-refractivity contribution >= 4 is 34.3 Å². The highest BCUT2D eigenvalue weighted by molar-refractivity contribution is 8.14. The number of allylic oxidation sites excluding steroid dienone is 1. The van der Waals surface area contributed by atoms with E-state index in [9.17, 15) is 0 Å². The fraction of sp³-hybridized carbons (Fsp3) is 0.524. The van der Waals surface area contributed by atoms with Crippen molar-refractivity contribution in [3.63, 3.8) is 0 Å². The summed E-state index contributed by atoms with van der Waals surface area (Å²) < 4.78 is 0. The molecule has 1 aliphatic carbocycles. The van der Waals surface area contributed by atoms with Gasteiger partial charge in [-0.1, -0.05) is 26.0 Å². The molecule has 1 aromatic rings. The predicted octanol–water partition coefficient (Wildman–Crippen LogP) is 4.33. The van der Waals surface area contributed by atoms with Gasteiger partial charge in [-0.25, -0.2) is 4.98 Å². The summed E-state index contributed by atoms with van der Waals surface area (Å²) in [6.45, 7) is 12.6. The molecule has 0 spiro atoms. The van der Waals surface area contributed by atoms with Gasteiger partial charge in [0.25, 0.3) is 0 Å². The molecule has 0 amide bonds. The molecule has 0 radical (unpaired) electrons. The first-order valence-corrected chi connectivity index (χ1v) is 11.3. The molecule has 0 aromatic carbocycles. The number of hydrogen-bond donors (Lipinski definition) is 3. The normalized spacial score (nSPS) is 20.4. The zero-order valence-corrected chi connectivity index (χ0v) is 18.6. The second-order valence-corrected chi connectivity index (χ2v) is 8.30. The van der Waals surface area contributed by atoms with Crippen molar-refractivity contribution in [2.75, 3.05) is 22.9 Å². The molecule has 1 unspecified atom stereocenters. The maximum absolute atomic E-state index is 4.68. The van der Waals surface area contributed by atoms with Gasteiger partial charge in [0, 0.05) is 29.6 Å². The zero-order valence-electron chi connectivity index (χ0n) is 17.7. The second-order valence-electron chi connectivity index (χ2n) is 7.20. The van der Waals surface area contributed by atoms with E-state index in [1.54, 1.807) is 11.8 Å². The summed E-state index contributed by atoms with van der Waals surface area (Å²) in [7, 11) is 0. The number of hydrazone groups is 1. The summed E-state index contributed by atoms with van der Waals surface area (Å²) in [5.74, 6) is 3.86. The third kappa shape index (κ3) is 6.06. The number of hydrogen-bond acceptors (Lipinski definition) is 8. The van der Waals surface area contributed by atoms with E-state index < -0.39 is 0 Å². The first-order chi connectivity index (χ1) is 14.1. The Bertz CT molecular complexity index is 839. The maximum Gasteiger partial charge on any atom is 0.225 e. The molecule has 0 bridgehead atoms. The van der Waals surface area contributed by atoms with Crippen LogP contribution >= 0.6 is 11.8 Å². The number of aryl methyl sites for hydroxylation is 1. The number of thioether (sulfide) groups is 1.